The molecule has 4 aromatic rings. The number of thiophene rings is 1. The molecule has 0 unspecified atom stereocenters. The molecule has 0 saturated heterocycles. The quantitative estimate of drug-likeness (QED) is 0.365. The van der Waals surface area contributed by atoms with Crippen LogP contribution in [0, 0.1) is 11.6 Å². The summed E-state index contributed by atoms with van der Waals surface area (Å²) in [6.07, 6.45) is 0. The minimum Gasteiger partial charge on any atom is -0.267 e. The Morgan fingerprint density at radius 2 is 1.81 bits per heavy atom. The van der Waals surface area contributed by atoms with Crippen molar-refractivity contribution in [3.8, 4) is 5.69 Å². The Morgan fingerprint density at radius 1 is 1.04 bits per heavy atom. The van der Waals surface area contributed by atoms with Gasteiger partial charge < -0.3 is 0 Å². The van der Waals surface area contributed by atoms with Crippen LogP contribution in [0.15, 0.2) is 69.9 Å². The number of hydrogen-bond donors (Lipinski definition) is 0. The number of fused-ring (bicyclic) bond motifs is 1. The molecule has 0 aliphatic rings. The maximum atomic E-state index is 13.9. The van der Waals surface area contributed by atoms with Gasteiger partial charge in [-0.2, -0.15) is 0 Å². The van der Waals surface area contributed by atoms with E-state index in [9.17, 15) is 13.6 Å². The molecule has 2 aromatic carbocycles. The third-order valence-electron chi connectivity index (χ3n) is 3.85. The molecule has 0 amide bonds. The molecule has 4 rings (SSSR count). The number of rotatable bonds is 4. The van der Waals surface area contributed by atoms with Crippen LogP contribution in [0.25, 0.3) is 15.9 Å². The first kappa shape index (κ1) is 16.9. The fraction of sp³-hybridized carbons (Fsp3) is 0.0526. The largest absolute Gasteiger partial charge is 0.276 e. The fourth-order valence-electron chi connectivity index (χ4n) is 2.56. The lowest BCUT2D eigenvalue weighted by Crippen LogP contribution is -2.20. The lowest BCUT2D eigenvalue weighted by Gasteiger charge is -2.12. The Hall–Kier alpha value is -2.51. The van der Waals surface area contributed by atoms with Gasteiger partial charge in [-0.15, -0.1) is 11.3 Å². The van der Waals surface area contributed by atoms with Crippen LogP contribution in [0.5, 0.6) is 0 Å². The summed E-state index contributed by atoms with van der Waals surface area (Å²) < 4.78 is 29.2. The highest BCUT2D eigenvalue weighted by atomic mass is 32.2. The van der Waals surface area contributed by atoms with E-state index >= 15 is 0 Å². The van der Waals surface area contributed by atoms with Crippen molar-refractivity contribution < 1.29 is 8.78 Å². The molecule has 130 valence electrons. The van der Waals surface area contributed by atoms with Crippen LogP contribution in [0.2, 0.25) is 0 Å². The zero-order valence-electron chi connectivity index (χ0n) is 13.4. The molecule has 0 aliphatic carbocycles. The SMILES string of the molecule is O=c1c2sccc2nc(SCc2ccccc2F)n1-c1ccc(F)cc1. The molecular weight excluding hydrogens is 374 g/mol. The normalized spacial score (nSPS) is 11.2. The predicted octanol–water partition coefficient (Wildman–Crippen LogP) is 5.02. The summed E-state index contributed by atoms with van der Waals surface area (Å²) >= 11 is 2.58. The maximum Gasteiger partial charge on any atom is 0.276 e. The van der Waals surface area contributed by atoms with Gasteiger partial charge in [-0.1, -0.05) is 30.0 Å². The molecular formula is C19H12F2N2OS2. The molecule has 0 N–H and O–H groups in total. The van der Waals surface area contributed by atoms with Gasteiger partial charge in [0.1, 0.15) is 16.3 Å². The number of halogens is 2. The molecule has 2 aromatic heterocycles. The van der Waals surface area contributed by atoms with Gasteiger partial charge in [0, 0.05) is 5.75 Å². The van der Waals surface area contributed by atoms with Gasteiger partial charge in [0.2, 0.25) is 0 Å². The van der Waals surface area contributed by atoms with E-state index in [0.717, 1.165) is 0 Å². The second-order valence-corrected chi connectivity index (χ2v) is 7.39. The first-order valence-electron chi connectivity index (χ1n) is 7.76. The standard InChI is InChI=1S/C19H12F2N2OS2/c20-13-5-7-14(8-6-13)23-18(24)17-16(9-10-25-17)22-19(23)26-11-12-3-1-2-4-15(12)21/h1-10H,11H2. The van der Waals surface area contributed by atoms with Crippen molar-refractivity contribution in [3.05, 3.63) is 87.5 Å². The van der Waals surface area contributed by atoms with Gasteiger partial charge in [-0.25, -0.2) is 13.8 Å². The van der Waals surface area contributed by atoms with E-state index in [1.165, 1.54) is 58.0 Å². The summed E-state index contributed by atoms with van der Waals surface area (Å²) in [5.74, 6) is -0.351. The molecule has 0 saturated carbocycles. The molecule has 3 nitrogen and oxygen atoms in total. The van der Waals surface area contributed by atoms with Gasteiger partial charge in [0.25, 0.3) is 5.56 Å². The van der Waals surface area contributed by atoms with Crippen molar-refractivity contribution in [2.45, 2.75) is 10.9 Å². The van der Waals surface area contributed by atoms with E-state index in [2.05, 4.69) is 4.98 Å². The van der Waals surface area contributed by atoms with Gasteiger partial charge in [-0.3, -0.25) is 9.36 Å². The van der Waals surface area contributed by atoms with Gasteiger partial charge in [0.05, 0.1) is 11.2 Å². The molecule has 0 atom stereocenters. The average molecular weight is 386 g/mol. The Kier molecular flexibility index (Phi) is 4.57. The highest BCUT2D eigenvalue weighted by Crippen LogP contribution is 2.27. The Labute approximate surface area is 155 Å². The van der Waals surface area contributed by atoms with Crippen molar-refractivity contribution >= 4 is 33.3 Å². The third kappa shape index (κ3) is 3.15. The van der Waals surface area contributed by atoms with Crippen LogP contribution in [0.4, 0.5) is 8.78 Å². The first-order valence-corrected chi connectivity index (χ1v) is 9.62. The van der Waals surface area contributed by atoms with E-state index < -0.39 is 0 Å². The molecule has 26 heavy (non-hydrogen) atoms. The van der Waals surface area contributed by atoms with Crippen LogP contribution in [0.3, 0.4) is 0 Å². The summed E-state index contributed by atoms with van der Waals surface area (Å²) in [7, 11) is 0. The van der Waals surface area contributed by atoms with E-state index in [-0.39, 0.29) is 17.2 Å². The number of hydrogen-bond acceptors (Lipinski definition) is 4. The van der Waals surface area contributed by atoms with Crippen LogP contribution in [-0.4, -0.2) is 9.55 Å². The minimum atomic E-state index is -0.382. The molecule has 0 spiro atoms. The Balaban J connectivity index is 1.82. The van der Waals surface area contributed by atoms with Crippen molar-refractivity contribution in [2.75, 3.05) is 0 Å². The highest BCUT2D eigenvalue weighted by Gasteiger charge is 2.15. The van der Waals surface area contributed by atoms with Crippen LogP contribution in [-0.2, 0) is 5.75 Å². The Morgan fingerprint density at radius 3 is 2.58 bits per heavy atom. The second-order valence-electron chi connectivity index (χ2n) is 5.53. The zero-order chi connectivity index (χ0) is 18.1. The average Bonchev–Trinajstić information content (AvgIpc) is 3.11. The predicted molar refractivity (Wildman–Crippen MR) is 101 cm³/mol. The van der Waals surface area contributed by atoms with Crippen molar-refractivity contribution in [1.82, 2.24) is 9.55 Å². The zero-order valence-corrected chi connectivity index (χ0v) is 15.0. The van der Waals surface area contributed by atoms with Crippen molar-refractivity contribution in [3.63, 3.8) is 0 Å². The van der Waals surface area contributed by atoms with Gasteiger partial charge in [0.15, 0.2) is 5.16 Å². The van der Waals surface area contributed by atoms with Crippen LogP contribution in [0.1, 0.15) is 5.56 Å². The number of benzene rings is 2. The fourth-order valence-corrected chi connectivity index (χ4v) is 4.32. The smallest absolute Gasteiger partial charge is 0.267 e. The first-order chi connectivity index (χ1) is 12.6. The monoisotopic (exact) mass is 386 g/mol. The summed E-state index contributed by atoms with van der Waals surface area (Å²) in [5, 5.41) is 2.25. The molecule has 7 heteroatoms. The third-order valence-corrected chi connectivity index (χ3v) is 5.73. The maximum absolute atomic E-state index is 13.9. The van der Waals surface area contributed by atoms with E-state index in [1.807, 2.05) is 0 Å². The lowest BCUT2D eigenvalue weighted by atomic mass is 10.2. The van der Waals surface area contributed by atoms with Crippen molar-refractivity contribution in [1.29, 1.82) is 0 Å². The van der Waals surface area contributed by atoms with Crippen molar-refractivity contribution in [2.24, 2.45) is 0 Å². The molecule has 0 aliphatic heterocycles. The van der Waals surface area contributed by atoms with E-state index in [4.69, 9.17) is 0 Å². The summed E-state index contributed by atoms with van der Waals surface area (Å²) in [4.78, 5) is 17.5. The summed E-state index contributed by atoms with van der Waals surface area (Å²) in [6, 6.07) is 13.9. The second kappa shape index (κ2) is 7.01. The molecule has 0 radical (unpaired) electrons. The summed E-state index contributed by atoms with van der Waals surface area (Å²) in [6.45, 7) is 0. The van der Waals surface area contributed by atoms with Crippen LogP contribution >= 0.6 is 23.1 Å². The number of nitrogens with zero attached hydrogens (tertiary/aromatic N) is 2. The topological polar surface area (TPSA) is 34.9 Å². The van der Waals surface area contributed by atoms with Gasteiger partial charge in [-0.05, 0) is 47.3 Å². The highest BCUT2D eigenvalue weighted by molar-refractivity contribution is 7.98. The van der Waals surface area contributed by atoms with Crippen LogP contribution < -0.4 is 5.56 Å². The lowest BCUT2D eigenvalue weighted by molar-refractivity contribution is 0.617. The van der Waals surface area contributed by atoms with Gasteiger partial charge >= 0.3 is 0 Å². The number of aromatic nitrogens is 2. The van der Waals surface area contributed by atoms with E-state index in [1.54, 1.807) is 29.6 Å². The Bertz CT molecular complexity index is 1140. The molecule has 2 heterocycles. The van der Waals surface area contributed by atoms with E-state index in [0.29, 0.717) is 32.4 Å². The molecule has 0 bridgehead atoms. The molecule has 0 fully saturated rings. The number of thioether (sulfide) groups is 1. The summed E-state index contributed by atoms with van der Waals surface area (Å²) in [5.41, 5.74) is 1.44. The minimum absolute atomic E-state index is 0.215.